The highest BCUT2D eigenvalue weighted by Gasteiger charge is 2.24. The van der Waals surface area contributed by atoms with E-state index in [1.165, 1.54) is 18.4 Å². The van der Waals surface area contributed by atoms with Crippen molar-refractivity contribution >= 4 is 0 Å². The molecule has 0 bridgehead atoms. The van der Waals surface area contributed by atoms with E-state index >= 15 is 0 Å². The summed E-state index contributed by atoms with van der Waals surface area (Å²) in [6.45, 7) is 11.0. The molecular formula is C16H33N3O. The largest absolute Gasteiger partial charge is 0.388 e. The van der Waals surface area contributed by atoms with Crippen LogP contribution in [0, 0.1) is 0 Å². The van der Waals surface area contributed by atoms with Gasteiger partial charge in [0.15, 0.2) is 0 Å². The lowest BCUT2D eigenvalue weighted by atomic mass is 10.0. The van der Waals surface area contributed by atoms with Crippen LogP contribution in [0.25, 0.3) is 0 Å². The standard InChI is InChI=1S/C16H33N3O/c1-14(2)6-9-19-10-7-15(8-11-19)17-12-16(3,20)13-18(4)5/h6,15,17,20H,7-13H2,1-5H3. The summed E-state index contributed by atoms with van der Waals surface area (Å²) >= 11 is 0. The van der Waals surface area contributed by atoms with E-state index in [4.69, 9.17) is 0 Å². The highest BCUT2D eigenvalue weighted by atomic mass is 16.3. The lowest BCUT2D eigenvalue weighted by Crippen LogP contribution is -2.50. The zero-order valence-corrected chi connectivity index (χ0v) is 13.9. The van der Waals surface area contributed by atoms with E-state index < -0.39 is 5.60 Å². The van der Waals surface area contributed by atoms with E-state index in [-0.39, 0.29) is 0 Å². The molecule has 1 heterocycles. The van der Waals surface area contributed by atoms with Crippen LogP contribution in [0.15, 0.2) is 11.6 Å². The van der Waals surface area contributed by atoms with Crippen LogP contribution in [0.5, 0.6) is 0 Å². The van der Waals surface area contributed by atoms with Crippen LogP contribution in [0.2, 0.25) is 0 Å². The average Bonchev–Trinajstić information content (AvgIpc) is 2.33. The van der Waals surface area contributed by atoms with Crippen molar-refractivity contribution in [1.82, 2.24) is 15.1 Å². The SMILES string of the molecule is CC(C)=CCN1CCC(NCC(C)(O)CN(C)C)CC1. The molecule has 1 rings (SSSR count). The quantitative estimate of drug-likeness (QED) is 0.691. The molecule has 4 nitrogen and oxygen atoms in total. The van der Waals surface area contributed by atoms with Gasteiger partial charge in [-0.3, -0.25) is 4.90 Å². The van der Waals surface area contributed by atoms with Crippen molar-refractivity contribution in [1.29, 1.82) is 0 Å². The van der Waals surface area contributed by atoms with Gasteiger partial charge in [-0.1, -0.05) is 11.6 Å². The minimum atomic E-state index is -0.650. The van der Waals surface area contributed by atoms with Gasteiger partial charge >= 0.3 is 0 Å². The Morgan fingerprint density at radius 1 is 1.35 bits per heavy atom. The maximum Gasteiger partial charge on any atom is 0.0869 e. The fourth-order valence-corrected chi connectivity index (χ4v) is 2.73. The Kier molecular flexibility index (Phi) is 7.17. The monoisotopic (exact) mass is 283 g/mol. The first-order valence-electron chi connectivity index (χ1n) is 7.75. The number of hydrogen-bond acceptors (Lipinski definition) is 4. The molecule has 0 aromatic carbocycles. The van der Waals surface area contributed by atoms with Crippen LogP contribution in [-0.2, 0) is 0 Å². The summed E-state index contributed by atoms with van der Waals surface area (Å²) in [6.07, 6.45) is 4.65. The zero-order valence-electron chi connectivity index (χ0n) is 13.9. The van der Waals surface area contributed by atoms with Gasteiger partial charge in [0, 0.05) is 25.7 Å². The molecule has 0 aromatic rings. The number of nitrogens with one attached hydrogen (secondary N) is 1. The summed E-state index contributed by atoms with van der Waals surface area (Å²) in [5.41, 5.74) is 0.743. The van der Waals surface area contributed by atoms with E-state index in [2.05, 4.69) is 30.1 Å². The minimum absolute atomic E-state index is 0.548. The third-order valence-corrected chi connectivity index (χ3v) is 3.77. The van der Waals surface area contributed by atoms with Crippen LogP contribution >= 0.6 is 0 Å². The maximum atomic E-state index is 10.3. The summed E-state index contributed by atoms with van der Waals surface area (Å²) in [5.74, 6) is 0. The van der Waals surface area contributed by atoms with Crippen molar-refractivity contribution in [3.8, 4) is 0 Å². The van der Waals surface area contributed by atoms with Gasteiger partial charge in [-0.15, -0.1) is 0 Å². The lowest BCUT2D eigenvalue weighted by molar-refractivity contribution is 0.0290. The van der Waals surface area contributed by atoms with E-state index in [0.717, 1.165) is 19.6 Å². The minimum Gasteiger partial charge on any atom is -0.388 e. The van der Waals surface area contributed by atoms with Crippen molar-refractivity contribution in [2.45, 2.75) is 45.3 Å². The molecule has 0 aromatic heterocycles. The molecule has 118 valence electrons. The molecule has 1 atom stereocenters. The summed E-state index contributed by atoms with van der Waals surface area (Å²) in [7, 11) is 3.99. The fourth-order valence-electron chi connectivity index (χ4n) is 2.73. The van der Waals surface area contributed by atoms with E-state index in [1.807, 2.05) is 25.9 Å². The van der Waals surface area contributed by atoms with Gasteiger partial charge in [-0.25, -0.2) is 0 Å². The Morgan fingerprint density at radius 2 is 1.95 bits per heavy atom. The summed E-state index contributed by atoms with van der Waals surface area (Å²) in [6, 6.07) is 0.548. The third kappa shape index (κ3) is 7.39. The number of likely N-dealkylation sites (tertiary alicyclic amines) is 1. The molecule has 1 unspecified atom stereocenters. The number of hydrogen-bond donors (Lipinski definition) is 2. The molecule has 20 heavy (non-hydrogen) atoms. The number of likely N-dealkylation sites (N-methyl/N-ethyl adjacent to an activating group) is 1. The lowest BCUT2D eigenvalue weighted by Gasteiger charge is -2.34. The first kappa shape index (κ1) is 17.6. The number of rotatable bonds is 7. The topological polar surface area (TPSA) is 38.7 Å². The van der Waals surface area contributed by atoms with Gasteiger partial charge in [-0.05, 0) is 60.8 Å². The number of nitrogens with zero attached hydrogens (tertiary/aromatic N) is 2. The van der Waals surface area contributed by atoms with Crippen LogP contribution in [0.1, 0.15) is 33.6 Å². The van der Waals surface area contributed by atoms with Gasteiger partial charge in [-0.2, -0.15) is 0 Å². The van der Waals surface area contributed by atoms with Crippen molar-refractivity contribution < 1.29 is 5.11 Å². The highest BCUT2D eigenvalue weighted by molar-refractivity contribution is 4.95. The second-order valence-corrected chi connectivity index (χ2v) is 6.97. The van der Waals surface area contributed by atoms with Crippen molar-refractivity contribution in [3.63, 3.8) is 0 Å². The number of piperidine rings is 1. The normalized spacial score (nSPS) is 20.9. The van der Waals surface area contributed by atoms with Crippen molar-refractivity contribution in [2.75, 3.05) is 46.8 Å². The molecule has 1 aliphatic heterocycles. The van der Waals surface area contributed by atoms with Gasteiger partial charge in [0.1, 0.15) is 0 Å². The summed E-state index contributed by atoms with van der Waals surface area (Å²) in [4.78, 5) is 4.53. The van der Waals surface area contributed by atoms with Crippen LogP contribution < -0.4 is 5.32 Å². The van der Waals surface area contributed by atoms with Crippen molar-refractivity contribution in [2.24, 2.45) is 0 Å². The molecule has 1 saturated heterocycles. The predicted octanol–water partition coefficient (Wildman–Crippen LogP) is 1.32. The molecular weight excluding hydrogens is 250 g/mol. The summed E-state index contributed by atoms with van der Waals surface area (Å²) in [5, 5.41) is 13.8. The molecule has 0 saturated carbocycles. The Balaban J connectivity index is 2.24. The fraction of sp³-hybridized carbons (Fsp3) is 0.875. The van der Waals surface area contributed by atoms with Crippen molar-refractivity contribution in [3.05, 3.63) is 11.6 Å². The Bertz CT molecular complexity index is 301. The molecule has 0 amide bonds. The van der Waals surface area contributed by atoms with E-state index in [1.54, 1.807) is 0 Å². The third-order valence-electron chi connectivity index (χ3n) is 3.77. The molecule has 0 spiro atoms. The zero-order chi connectivity index (χ0) is 15.2. The molecule has 0 aliphatic carbocycles. The molecule has 4 heteroatoms. The smallest absolute Gasteiger partial charge is 0.0869 e. The van der Waals surface area contributed by atoms with Gasteiger partial charge in [0.25, 0.3) is 0 Å². The Morgan fingerprint density at radius 3 is 2.45 bits per heavy atom. The average molecular weight is 283 g/mol. The van der Waals surface area contributed by atoms with E-state index in [9.17, 15) is 5.11 Å². The molecule has 1 fully saturated rings. The van der Waals surface area contributed by atoms with Crippen LogP contribution in [-0.4, -0.2) is 73.4 Å². The van der Waals surface area contributed by atoms with Crippen LogP contribution in [0.3, 0.4) is 0 Å². The Hall–Kier alpha value is -0.420. The number of allylic oxidation sites excluding steroid dienone is 1. The first-order valence-corrected chi connectivity index (χ1v) is 7.75. The first-order chi connectivity index (χ1) is 9.28. The Labute approximate surface area is 124 Å². The number of aliphatic hydroxyl groups is 1. The van der Waals surface area contributed by atoms with Gasteiger partial charge < -0.3 is 15.3 Å². The summed E-state index contributed by atoms with van der Waals surface area (Å²) < 4.78 is 0. The molecule has 1 aliphatic rings. The molecule has 2 N–H and O–H groups in total. The van der Waals surface area contributed by atoms with Gasteiger partial charge in [0.2, 0.25) is 0 Å². The highest BCUT2D eigenvalue weighted by Crippen LogP contribution is 2.12. The van der Waals surface area contributed by atoms with Crippen LogP contribution in [0.4, 0.5) is 0 Å². The second kappa shape index (κ2) is 8.13. The molecule has 0 radical (unpaired) electrons. The van der Waals surface area contributed by atoms with Gasteiger partial charge in [0.05, 0.1) is 5.60 Å². The predicted molar refractivity (Wildman–Crippen MR) is 86.1 cm³/mol. The second-order valence-electron chi connectivity index (χ2n) is 6.97. The van der Waals surface area contributed by atoms with E-state index in [0.29, 0.717) is 19.1 Å². The maximum absolute atomic E-state index is 10.3.